The van der Waals surface area contributed by atoms with E-state index in [4.69, 9.17) is 0 Å². The van der Waals surface area contributed by atoms with E-state index >= 15 is 0 Å². The fourth-order valence-corrected chi connectivity index (χ4v) is 4.45. The van der Waals surface area contributed by atoms with Gasteiger partial charge in [-0.05, 0) is 43.9 Å². The van der Waals surface area contributed by atoms with Crippen LogP contribution in [0, 0.1) is 5.82 Å². The summed E-state index contributed by atoms with van der Waals surface area (Å²) in [4.78, 5) is -0.0269. The Morgan fingerprint density at radius 1 is 1.38 bits per heavy atom. The molecule has 1 aromatic carbocycles. The maximum Gasteiger partial charge on any atom is 0.126 e. The van der Waals surface area contributed by atoms with Crippen molar-refractivity contribution in [3.63, 3.8) is 0 Å². The molecule has 1 aromatic rings. The number of fused-ring (bicyclic) bond motifs is 2. The molecule has 1 unspecified atom stereocenters. The molecule has 0 bridgehead atoms. The lowest BCUT2D eigenvalue weighted by Crippen LogP contribution is -2.44. The molecule has 86 valence electrons. The van der Waals surface area contributed by atoms with Crippen molar-refractivity contribution in [2.75, 3.05) is 5.75 Å². The number of thioether (sulfide) groups is 1. The van der Waals surface area contributed by atoms with E-state index < -0.39 is 0 Å². The Hall–Kier alpha value is -0.540. The van der Waals surface area contributed by atoms with Gasteiger partial charge in [-0.2, -0.15) is 0 Å². The van der Waals surface area contributed by atoms with E-state index in [1.807, 2.05) is 17.8 Å². The average molecular weight is 237 g/mol. The summed E-state index contributed by atoms with van der Waals surface area (Å²) in [6.07, 6.45) is 1.87. The Labute approximate surface area is 99.8 Å². The molecule has 1 atom stereocenters. The Morgan fingerprint density at radius 2 is 2.19 bits per heavy atom. The third-order valence-electron chi connectivity index (χ3n) is 3.50. The fraction of sp³-hybridized carbons (Fsp3) is 0.538. The lowest BCUT2D eigenvalue weighted by molar-refractivity contribution is 0.368. The molecule has 1 N–H and O–H groups in total. The summed E-state index contributed by atoms with van der Waals surface area (Å²) in [7, 11) is 0. The average Bonchev–Trinajstić information content (AvgIpc) is 2.71. The molecule has 16 heavy (non-hydrogen) atoms. The molecule has 1 nitrogen and oxygen atoms in total. The maximum absolute atomic E-state index is 13.7. The summed E-state index contributed by atoms with van der Waals surface area (Å²) in [5.41, 5.74) is 2.24. The van der Waals surface area contributed by atoms with Crippen molar-refractivity contribution in [3.8, 4) is 0 Å². The molecule has 1 heterocycles. The predicted octanol–water partition coefficient (Wildman–Crippen LogP) is 3.04. The summed E-state index contributed by atoms with van der Waals surface area (Å²) < 4.78 is 13.7. The van der Waals surface area contributed by atoms with Crippen LogP contribution in [0.1, 0.15) is 31.4 Å². The van der Waals surface area contributed by atoms with Gasteiger partial charge in [-0.3, -0.25) is 5.32 Å². The lowest BCUT2D eigenvalue weighted by atomic mass is 10.0. The van der Waals surface area contributed by atoms with Gasteiger partial charge in [-0.1, -0.05) is 12.1 Å². The molecule has 2 aliphatic rings. The largest absolute Gasteiger partial charge is 0.293 e. The van der Waals surface area contributed by atoms with Crippen LogP contribution < -0.4 is 5.32 Å². The molecule has 1 saturated heterocycles. The molecule has 1 aliphatic heterocycles. The van der Waals surface area contributed by atoms with Gasteiger partial charge in [0.1, 0.15) is 5.82 Å². The molecule has 3 heteroatoms. The van der Waals surface area contributed by atoms with E-state index in [-0.39, 0.29) is 16.2 Å². The number of halogens is 1. The van der Waals surface area contributed by atoms with E-state index in [1.165, 1.54) is 5.56 Å². The zero-order chi connectivity index (χ0) is 11.4. The molecule has 0 saturated carbocycles. The third-order valence-corrected chi connectivity index (χ3v) is 5.39. The summed E-state index contributed by atoms with van der Waals surface area (Å²) >= 11 is 1.93. The highest BCUT2D eigenvalue weighted by molar-refractivity contribution is 8.00. The van der Waals surface area contributed by atoms with Crippen molar-refractivity contribution in [2.24, 2.45) is 0 Å². The number of rotatable bonds is 0. The minimum Gasteiger partial charge on any atom is -0.293 e. The van der Waals surface area contributed by atoms with Gasteiger partial charge in [-0.15, -0.1) is 11.8 Å². The number of nitrogens with one attached hydrogen (secondary N) is 1. The minimum atomic E-state index is -0.0403. The van der Waals surface area contributed by atoms with Gasteiger partial charge in [0.25, 0.3) is 0 Å². The first-order valence-electron chi connectivity index (χ1n) is 5.74. The van der Waals surface area contributed by atoms with Crippen molar-refractivity contribution < 1.29 is 4.39 Å². The van der Waals surface area contributed by atoms with E-state index in [0.29, 0.717) is 0 Å². The Kier molecular flexibility index (Phi) is 2.14. The summed E-state index contributed by atoms with van der Waals surface area (Å²) in [6.45, 7) is 4.43. The van der Waals surface area contributed by atoms with Gasteiger partial charge in [0, 0.05) is 11.3 Å². The van der Waals surface area contributed by atoms with Crippen LogP contribution in [0.15, 0.2) is 18.2 Å². The van der Waals surface area contributed by atoms with E-state index in [2.05, 4.69) is 25.2 Å². The predicted molar refractivity (Wildman–Crippen MR) is 66.1 cm³/mol. The van der Waals surface area contributed by atoms with Crippen molar-refractivity contribution in [2.45, 2.75) is 37.1 Å². The van der Waals surface area contributed by atoms with Gasteiger partial charge in [0.2, 0.25) is 0 Å². The van der Waals surface area contributed by atoms with Crippen molar-refractivity contribution in [3.05, 3.63) is 35.1 Å². The maximum atomic E-state index is 13.7. The second-order valence-electron chi connectivity index (χ2n) is 5.39. The molecule has 1 spiro atoms. The van der Waals surface area contributed by atoms with Crippen molar-refractivity contribution in [1.29, 1.82) is 0 Å². The quantitative estimate of drug-likeness (QED) is 0.744. The fourth-order valence-electron chi connectivity index (χ4n) is 2.83. The monoisotopic (exact) mass is 237 g/mol. The highest BCUT2D eigenvalue weighted by Gasteiger charge is 2.48. The third kappa shape index (κ3) is 1.41. The van der Waals surface area contributed by atoms with Crippen LogP contribution in [0.2, 0.25) is 0 Å². The zero-order valence-electron chi connectivity index (χ0n) is 9.64. The first kappa shape index (κ1) is 10.6. The normalized spacial score (nSPS) is 30.9. The molecular formula is C13H16FNS. The first-order valence-corrected chi connectivity index (χ1v) is 6.72. The number of benzene rings is 1. The van der Waals surface area contributed by atoms with Gasteiger partial charge >= 0.3 is 0 Å². The summed E-state index contributed by atoms with van der Waals surface area (Å²) in [5.74, 6) is 1.05. The van der Waals surface area contributed by atoms with Gasteiger partial charge in [-0.25, -0.2) is 4.39 Å². The number of hydrogen-bond donors (Lipinski definition) is 1. The topological polar surface area (TPSA) is 12.0 Å². The highest BCUT2D eigenvalue weighted by Crippen LogP contribution is 2.51. The van der Waals surface area contributed by atoms with E-state index in [1.54, 1.807) is 6.07 Å². The Morgan fingerprint density at radius 3 is 2.88 bits per heavy atom. The number of hydrogen-bond acceptors (Lipinski definition) is 2. The summed E-state index contributed by atoms with van der Waals surface area (Å²) in [6, 6.07) is 5.48. The molecule has 3 rings (SSSR count). The van der Waals surface area contributed by atoms with Gasteiger partial charge in [0.05, 0.1) is 4.87 Å². The smallest absolute Gasteiger partial charge is 0.126 e. The molecule has 0 amide bonds. The Bertz CT molecular complexity index is 444. The van der Waals surface area contributed by atoms with Crippen molar-refractivity contribution in [1.82, 2.24) is 5.32 Å². The van der Waals surface area contributed by atoms with Crippen LogP contribution in [0.3, 0.4) is 0 Å². The van der Waals surface area contributed by atoms with Crippen LogP contribution in [0.5, 0.6) is 0 Å². The van der Waals surface area contributed by atoms with E-state index in [0.717, 1.165) is 24.2 Å². The molecule has 1 fully saturated rings. The first-order chi connectivity index (χ1) is 7.53. The van der Waals surface area contributed by atoms with Crippen LogP contribution in [-0.2, 0) is 11.3 Å². The second-order valence-corrected chi connectivity index (χ2v) is 6.66. The van der Waals surface area contributed by atoms with E-state index in [9.17, 15) is 4.39 Å². The second kappa shape index (κ2) is 3.23. The lowest BCUT2D eigenvalue weighted by Gasteiger charge is -2.28. The summed E-state index contributed by atoms with van der Waals surface area (Å²) in [5, 5.41) is 3.69. The standard InChI is InChI=1S/C13H16FNS/c1-12(2)8-16-13(15-12)7-6-9-10(13)4-3-5-11(9)14/h3-5,15H,6-8H2,1-2H3. The molecule has 0 aromatic heterocycles. The van der Waals surface area contributed by atoms with Crippen LogP contribution in [-0.4, -0.2) is 11.3 Å². The highest BCUT2D eigenvalue weighted by atomic mass is 32.2. The zero-order valence-corrected chi connectivity index (χ0v) is 10.5. The van der Waals surface area contributed by atoms with Gasteiger partial charge < -0.3 is 0 Å². The minimum absolute atomic E-state index is 0.0269. The molecule has 0 radical (unpaired) electrons. The molecule has 1 aliphatic carbocycles. The van der Waals surface area contributed by atoms with Crippen LogP contribution in [0.4, 0.5) is 4.39 Å². The van der Waals surface area contributed by atoms with Gasteiger partial charge in [0.15, 0.2) is 0 Å². The van der Waals surface area contributed by atoms with Crippen LogP contribution in [0.25, 0.3) is 0 Å². The SMILES string of the molecule is CC1(C)CSC2(CCc3c(F)cccc32)N1. The van der Waals surface area contributed by atoms with Crippen LogP contribution >= 0.6 is 11.8 Å². The van der Waals surface area contributed by atoms with Crippen molar-refractivity contribution >= 4 is 11.8 Å². The molecular weight excluding hydrogens is 221 g/mol. The Balaban J connectivity index is 2.07.